The fraction of sp³-hybridized carbons (Fsp3) is 0.350. The molecule has 0 spiro atoms. The predicted octanol–water partition coefficient (Wildman–Crippen LogP) is 2.57. The normalized spacial score (nSPS) is 19.9. The van der Waals surface area contributed by atoms with E-state index in [0.29, 0.717) is 31.0 Å². The molecule has 1 aliphatic carbocycles. The number of hydrogen-bond acceptors (Lipinski definition) is 3. The summed E-state index contributed by atoms with van der Waals surface area (Å²) in [7, 11) is 0. The molecule has 0 radical (unpaired) electrons. The second-order valence-electron chi connectivity index (χ2n) is 6.90. The smallest absolute Gasteiger partial charge is 0.251 e. The summed E-state index contributed by atoms with van der Waals surface area (Å²) in [5.41, 5.74) is 2.47. The summed E-state index contributed by atoms with van der Waals surface area (Å²) in [5, 5.41) is 3.00. The molecule has 2 fully saturated rings. The second kappa shape index (κ2) is 6.67. The second-order valence-corrected chi connectivity index (χ2v) is 6.90. The van der Waals surface area contributed by atoms with E-state index in [9.17, 15) is 9.59 Å². The molecule has 1 aromatic carbocycles. The molecule has 0 bridgehead atoms. The largest absolute Gasteiger partial charge is 0.349 e. The van der Waals surface area contributed by atoms with Gasteiger partial charge in [-0.05, 0) is 49.4 Å². The molecule has 1 saturated carbocycles. The highest BCUT2D eigenvalue weighted by Gasteiger charge is 2.31. The maximum Gasteiger partial charge on any atom is 0.251 e. The first-order valence-electron chi connectivity index (χ1n) is 8.80. The van der Waals surface area contributed by atoms with E-state index in [4.69, 9.17) is 0 Å². The molecule has 1 saturated heterocycles. The number of nitrogens with zero attached hydrogens (tertiary/aromatic N) is 2. The van der Waals surface area contributed by atoms with Crippen molar-refractivity contribution in [1.29, 1.82) is 0 Å². The standard InChI is InChI=1S/C20H21N3O2/c24-19-11-14(13-23(19)18-4-2-1-3-5-18)10-17-12-15(8-9-21-17)20(25)22-16-6-7-16/h1-5,8-9,12,14,16H,6-7,10-11,13H2,(H,22,25)/t14-/m1/s1. The summed E-state index contributed by atoms with van der Waals surface area (Å²) in [6, 6.07) is 13.7. The minimum Gasteiger partial charge on any atom is -0.349 e. The molecule has 1 N–H and O–H groups in total. The van der Waals surface area contributed by atoms with Gasteiger partial charge < -0.3 is 10.2 Å². The lowest BCUT2D eigenvalue weighted by atomic mass is 10.0. The first-order valence-corrected chi connectivity index (χ1v) is 8.80. The minimum atomic E-state index is -0.0282. The van der Waals surface area contributed by atoms with Gasteiger partial charge in [0.05, 0.1) is 0 Å². The van der Waals surface area contributed by atoms with Crippen LogP contribution in [-0.4, -0.2) is 29.4 Å². The molecule has 1 aliphatic heterocycles. The van der Waals surface area contributed by atoms with Crippen molar-refractivity contribution >= 4 is 17.5 Å². The topological polar surface area (TPSA) is 62.3 Å². The molecule has 5 nitrogen and oxygen atoms in total. The number of pyridine rings is 1. The molecular weight excluding hydrogens is 314 g/mol. The van der Waals surface area contributed by atoms with Crippen molar-refractivity contribution in [3.63, 3.8) is 0 Å². The van der Waals surface area contributed by atoms with Crippen LogP contribution in [0, 0.1) is 5.92 Å². The van der Waals surface area contributed by atoms with Gasteiger partial charge in [0.2, 0.25) is 5.91 Å². The van der Waals surface area contributed by atoms with Crippen LogP contribution in [0.3, 0.4) is 0 Å². The molecule has 128 valence electrons. The van der Waals surface area contributed by atoms with Crippen molar-refractivity contribution in [2.24, 2.45) is 5.92 Å². The Kier molecular flexibility index (Phi) is 4.22. The number of carbonyl (C=O) groups is 2. The Balaban J connectivity index is 1.42. The summed E-state index contributed by atoms with van der Waals surface area (Å²) in [4.78, 5) is 30.7. The van der Waals surface area contributed by atoms with E-state index < -0.39 is 0 Å². The number of hydrogen-bond donors (Lipinski definition) is 1. The van der Waals surface area contributed by atoms with E-state index in [2.05, 4.69) is 10.3 Å². The van der Waals surface area contributed by atoms with Gasteiger partial charge in [0.1, 0.15) is 0 Å². The van der Waals surface area contributed by atoms with Gasteiger partial charge in [-0.1, -0.05) is 18.2 Å². The van der Waals surface area contributed by atoms with E-state index >= 15 is 0 Å². The molecule has 2 aromatic rings. The Hall–Kier alpha value is -2.69. The molecular formula is C20H21N3O2. The molecule has 1 aromatic heterocycles. The number of benzene rings is 1. The van der Waals surface area contributed by atoms with Crippen LogP contribution >= 0.6 is 0 Å². The Morgan fingerprint density at radius 2 is 2.00 bits per heavy atom. The maximum absolute atomic E-state index is 12.3. The highest BCUT2D eigenvalue weighted by Crippen LogP contribution is 2.27. The molecule has 2 aliphatic rings. The number of carbonyl (C=O) groups excluding carboxylic acids is 2. The average Bonchev–Trinajstić information content (AvgIpc) is 3.37. The highest BCUT2D eigenvalue weighted by atomic mass is 16.2. The quantitative estimate of drug-likeness (QED) is 0.913. The van der Waals surface area contributed by atoms with Crippen LogP contribution in [0.5, 0.6) is 0 Å². The number of amides is 2. The highest BCUT2D eigenvalue weighted by molar-refractivity contribution is 5.96. The summed E-state index contributed by atoms with van der Waals surface area (Å²) in [6.45, 7) is 0.697. The SMILES string of the molecule is O=C(NC1CC1)c1ccnc(C[C@@H]2CC(=O)N(c3ccccc3)C2)c1. The van der Waals surface area contributed by atoms with Gasteiger partial charge in [0.25, 0.3) is 5.91 Å². The zero-order valence-electron chi connectivity index (χ0n) is 14.0. The molecule has 2 amide bonds. The third-order valence-corrected chi connectivity index (χ3v) is 4.76. The van der Waals surface area contributed by atoms with Gasteiger partial charge in [-0.15, -0.1) is 0 Å². The third kappa shape index (κ3) is 3.71. The van der Waals surface area contributed by atoms with Gasteiger partial charge in [-0.3, -0.25) is 14.6 Å². The summed E-state index contributed by atoms with van der Waals surface area (Å²) < 4.78 is 0. The Morgan fingerprint density at radius 3 is 2.76 bits per heavy atom. The Morgan fingerprint density at radius 1 is 1.20 bits per heavy atom. The average molecular weight is 335 g/mol. The van der Waals surface area contributed by atoms with E-state index in [1.165, 1.54) is 0 Å². The number of aromatic nitrogens is 1. The van der Waals surface area contributed by atoms with Crippen molar-refractivity contribution in [3.8, 4) is 0 Å². The maximum atomic E-state index is 12.3. The number of anilines is 1. The molecule has 25 heavy (non-hydrogen) atoms. The van der Waals surface area contributed by atoms with Crippen molar-refractivity contribution < 1.29 is 9.59 Å². The number of para-hydroxylation sites is 1. The van der Waals surface area contributed by atoms with Crippen LogP contribution in [0.4, 0.5) is 5.69 Å². The van der Waals surface area contributed by atoms with Crippen LogP contribution in [0.25, 0.3) is 0 Å². The minimum absolute atomic E-state index is 0.0282. The van der Waals surface area contributed by atoms with Gasteiger partial charge in [0.15, 0.2) is 0 Å². The van der Waals surface area contributed by atoms with Gasteiger partial charge in [-0.2, -0.15) is 0 Å². The van der Waals surface area contributed by atoms with E-state index in [-0.39, 0.29) is 17.7 Å². The first kappa shape index (κ1) is 15.8. The molecule has 2 heterocycles. The monoisotopic (exact) mass is 335 g/mol. The van der Waals surface area contributed by atoms with E-state index in [1.807, 2.05) is 41.3 Å². The van der Waals surface area contributed by atoms with Gasteiger partial charge >= 0.3 is 0 Å². The van der Waals surface area contributed by atoms with Gasteiger partial charge in [-0.25, -0.2) is 0 Å². The van der Waals surface area contributed by atoms with Crippen molar-refractivity contribution in [1.82, 2.24) is 10.3 Å². The first-order chi connectivity index (χ1) is 12.2. The number of nitrogens with one attached hydrogen (secondary N) is 1. The van der Waals surface area contributed by atoms with Crippen LogP contribution in [0.15, 0.2) is 48.7 Å². The van der Waals surface area contributed by atoms with E-state index in [1.54, 1.807) is 12.3 Å². The predicted molar refractivity (Wildman–Crippen MR) is 95.3 cm³/mol. The van der Waals surface area contributed by atoms with Crippen LogP contribution < -0.4 is 10.2 Å². The van der Waals surface area contributed by atoms with Crippen molar-refractivity contribution in [3.05, 3.63) is 59.9 Å². The van der Waals surface area contributed by atoms with Crippen molar-refractivity contribution in [2.45, 2.75) is 31.7 Å². The van der Waals surface area contributed by atoms with Crippen molar-refractivity contribution in [2.75, 3.05) is 11.4 Å². The van der Waals surface area contributed by atoms with E-state index in [0.717, 1.165) is 24.2 Å². The third-order valence-electron chi connectivity index (χ3n) is 4.76. The lowest BCUT2D eigenvalue weighted by molar-refractivity contribution is -0.117. The van der Waals surface area contributed by atoms with Crippen LogP contribution in [-0.2, 0) is 11.2 Å². The molecule has 0 unspecified atom stereocenters. The Labute approximate surface area is 147 Å². The van der Waals surface area contributed by atoms with Crippen LogP contribution in [0.2, 0.25) is 0 Å². The fourth-order valence-electron chi connectivity index (χ4n) is 3.30. The summed E-state index contributed by atoms with van der Waals surface area (Å²) >= 11 is 0. The molecule has 1 atom stereocenters. The summed E-state index contributed by atoms with van der Waals surface area (Å²) in [5.74, 6) is 0.348. The fourth-order valence-corrected chi connectivity index (χ4v) is 3.30. The summed E-state index contributed by atoms with van der Waals surface area (Å²) in [6.07, 6.45) is 5.06. The zero-order valence-corrected chi connectivity index (χ0v) is 14.0. The number of rotatable bonds is 5. The van der Waals surface area contributed by atoms with Crippen LogP contribution in [0.1, 0.15) is 35.3 Å². The molecule has 5 heteroatoms. The van der Waals surface area contributed by atoms with Gasteiger partial charge in [0, 0.05) is 42.1 Å². The molecule has 4 rings (SSSR count). The lowest BCUT2D eigenvalue weighted by Crippen LogP contribution is -2.25. The zero-order chi connectivity index (χ0) is 17.2. The lowest BCUT2D eigenvalue weighted by Gasteiger charge is -2.16. The Bertz CT molecular complexity index is 787.